The van der Waals surface area contributed by atoms with Crippen molar-refractivity contribution in [1.29, 1.82) is 0 Å². The number of hydrogen-bond acceptors (Lipinski definition) is 9. The number of hydrogen-bond donors (Lipinski definition) is 2. The number of carbonyl (C=O) groups excluding carboxylic acids is 5. The molecule has 13 nitrogen and oxygen atoms in total. The highest BCUT2D eigenvalue weighted by atomic mass is 16.6. The lowest BCUT2D eigenvalue weighted by molar-refractivity contribution is -0.152. The SMILES string of the molecule is COC(=O)C(=O)C(CCCN(C(=O)OCc1ccccc1)C(N)=NC(=O)OCc1ccccc1)NC(=O)OCc1ccccc1. The fourth-order valence-electron chi connectivity index (χ4n) is 3.87. The molecule has 1 unspecified atom stereocenters. The van der Waals surface area contributed by atoms with E-state index in [1.165, 1.54) is 0 Å². The Labute approximate surface area is 259 Å². The van der Waals surface area contributed by atoms with Gasteiger partial charge in [0.05, 0.1) is 7.11 Å². The third-order valence-electron chi connectivity index (χ3n) is 6.20. The first kappa shape index (κ1) is 33.8. The van der Waals surface area contributed by atoms with Crippen molar-refractivity contribution >= 4 is 36.0 Å². The van der Waals surface area contributed by atoms with Crippen LogP contribution in [0.4, 0.5) is 14.4 Å². The number of ketones is 1. The van der Waals surface area contributed by atoms with E-state index in [0.29, 0.717) is 11.1 Å². The molecule has 0 bridgehead atoms. The number of esters is 1. The zero-order chi connectivity index (χ0) is 32.4. The van der Waals surface area contributed by atoms with E-state index >= 15 is 0 Å². The van der Waals surface area contributed by atoms with Crippen molar-refractivity contribution in [2.45, 2.75) is 38.7 Å². The van der Waals surface area contributed by atoms with E-state index in [-0.39, 0.29) is 39.2 Å². The Bertz CT molecular complexity index is 1450. The topological polar surface area (TPSA) is 176 Å². The largest absolute Gasteiger partial charge is 0.463 e. The second-order valence-corrected chi connectivity index (χ2v) is 9.46. The number of ether oxygens (including phenoxy) is 4. The van der Waals surface area contributed by atoms with E-state index in [9.17, 15) is 24.0 Å². The van der Waals surface area contributed by atoms with E-state index in [4.69, 9.17) is 19.9 Å². The summed E-state index contributed by atoms with van der Waals surface area (Å²) in [7, 11) is 1.03. The summed E-state index contributed by atoms with van der Waals surface area (Å²) in [4.78, 5) is 67.1. The molecule has 0 aliphatic heterocycles. The number of methoxy groups -OCH3 is 1. The van der Waals surface area contributed by atoms with Crippen molar-refractivity contribution in [2.75, 3.05) is 13.7 Å². The van der Waals surface area contributed by atoms with Crippen LogP contribution in [0.1, 0.15) is 29.5 Å². The molecule has 236 valence electrons. The standard InChI is InChI=1S/C32H34N4O9/c1-42-28(38)27(37)26(34-30(39)43-20-23-12-5-2-6-13-23)18-11-19-36(32(41)45-22-25-16-9-4-10-17-25)29(33)35-31(40)44-21-24-14-7-3-8-15-24/h2-10,12-17,26H,11,18-22H2,1H3,(H,34,39)(H2,33,35,40). The van der Waals surface area contributed by atoms with E-state index in [0.717, 1.165) is 17.6 Å². The van der Waals surface area contributed by atoms with Crippen LogP contribution in [0.5, 0.6) is 0 Å². The molecule has 0 aromatic heterocycles. The van der Waals surface area contributed by atoms with E-state index in [1.54, 1.807) is 84.9 Å². The van der Waals surface area contributed by atoms with Crippen LogP contribution in [0.25, 0.3) is 0 Å². The summed E-state index contributed by atoms with van der Waals surface area (Å²) in [5.74, 6) is -2.72. The number of nitrogens with two attached hydrogens (primary N) is 1. The second kappa shape index (κ2) is 18.1. The number of benzene rings is 3. The number of alkyl carbamates (subject to hydrolysis) is 1. The third-order valence-corrected chi connectivity index (χ3v) is 6.20. The Morgan fingerprint density at radius 2 is 1.24 bits per heavy atom. The highest BCUT2D eigenvalue weighted by molar-refractivity contribution is 6.36. The highest BCUT2D eigenvalue weighted by Crippen LogP contribution is 2.09. The average molecular weight is 619 g/mol. The Morgan fingerprint density at radius 1 is 0.756 bits per heavy atom. The molecule has 3 aromatic carbocycles. The van der Waals surface area contributed by atoms with Crippen LogP contribution >= 0.6 is 0 Å². The average Bonchev–Trinajstić information content (AvgIpc) is 3.07. The molecular weight excluding hydrogens is 584 g/mol. The molecule has 1 atom stereocenters. The summed E-state index contributed by atoms with van der Waals surface area (Å²) < 4.78 is 20.2. The van der Waals surface area contributed by atoms with Crippen LogP contribution in [0, 0.1) is 0 Å². The minimum absolute atomic E-state index is 0.00207. The van der Waals surface area contributed by atoms with Crippen molar-refractivity contribution in [3.8, 4) is 0 Å². The molecule has 3 rings (SSSR count). The maximum atomic E-state index is 13.0. The number of aliphatic imine (C=N–C) groups is 1. The van der Waals surface area contributed by atoms with Gasteiger partial charge < -0.3 is 30.0 Å². The molecule has 0 saturated heterocycles. The fraction of sp³-hybridized carbons (Fsp3) is 0.250. The van der Waals surface area contributed by atoms with Gasteiger partial charge in [-0.05, 0) is 29.5 Å². The summed E-state index contributed by atoms with van der Waals surface area (Å²) >= 11 is 0. The summed E-state index contributed by atoms with van der Waals surface area (Å²) in [6, 6.07) is 25.2. The maximum absolute atomic E-state index is 13.0. The molecule has 0 aliphatic carbocycles. The van der Waals surface area contributed by atoms with Gasteiger partial charge in [0.15, 0.2) is 0 Å². The Balaban J connectivity index is 1.67. The summed E-state index contributed by atoms with van der Waals surface area (Å²) in [6.07, 6.45) is -3.05. The number of nitrogens with one attached hydrogen (secondary N) is 1. The van der Waals surface area contributed by atoms with Crippen molar-refractivity contribution in [3.63, 3.8) is 0 Å². The quantitative estimate of drug-likeness (QED) is 0.0933. The van der Waals surface area contributed by atoms with Crippen molar-refractivity contribution in [2.24, 2.45) is 10.7 Å². The number of guanidine groups is 1. The van der Waals surface area contributed by atoms with Gasteiger partial charge >= 0.3 is 24.2 Å². The Morgan fingerprint density at radius 3 is 1.76 bits per heavy atom. The van der Waals surface area contributed by atoms with E-state index in [1.807, 2.05) is 6.07 Å². The van der Waals surface area contributed by atoms with Gasteiger partial charge in [0.2, 0.25) is 5.96 Å². The number of amides is 3. The molecule has 0 saturated carbocycles. The first-order chi connectivity index (χ1) is 21.8. The van der Waals surface area contributed by atoms with Crippen LogP contribution in [0.3, 0.4) is 0 Å². The number of rotatable bonds is 13. The van der Waals surface area contributed by atoms with Crippen molar-refractivity contribution in [1.82, 2.24) is 10.2 Å². The molecular formula is C32H34N4O9. The minimum Gasteiger partial charge on any atom is -0.463 e. The van der Waals surface area contributed by atoms with Gasteiger partial charge in [-0.1, -0.05) is 91.0 Å². The lowest BCUT2D eigenvalue weighted by Crippen LogP contribution is -2.46. The molecule has 3 amide bonds. The van der Waals surface area contributed by atoms with Gasteiger partial charge in [0, 0.05) is 6.54 Å². The molecule has 45 heavy (non-hydrogen) atoms. The second-order valence-electron chi connectivity index (χ2n) is 9.46. The molecule has 0 radical (unpaired) electrons. The highest BCUT2D eigenvalue weighted by Gasteiger charge is 2.29. The lowest BCUT2D eigenvalue weighted by Gasteiger charge is -2.22. The first-order valence-corrected chi connectivity index (χ1v) is 13.9. The van der Waals surface area contributed by atoms with Crippen LogP contribution in [0.15, 0.2) is 96.0 Å². The Hall–Kier alpha value is -5.72. The van der Waals surface area contributed by atoms with Crippen LogP contribution in [-0.4, -0.2) is 60.6 Å². The van der Waals surface area contributed by atoms with Gasteiger partial charge in [-0.15, -0.1) is 4.99 Å². The predicted octanol–water partition coefficient (Wildman–Crippen LogP) is 4.09. The van der Waals surface area contributed by atoms with Gasteiger partial charge in [-0.3, -0.25) is 4.79 Å². The van der Waals surface area contributed by atoms with Crippen molar-refractivity contribution in [3.05, 3.63) is 108 Å². The van der Waals surface area contributed by atoms with E-state index in [2.05, 4.69) is 15.0 Å². The predicted molar refractivity (Wildman–Crippen MR) is 161 cm³/mol. The molecule has 0 fully saturated rings. The summed E-state index contributed by atoms with van der Waals surface area (Å²) in [5, 5.41) is 2.36. The van der Waals surface area contributed by atoms with Gasteiger partial charge in [0.1, 0.15) is 25.9 Å². The molecule has 0 aliphatic rings. The number of carbonyl (C=O) groups is 5. The summed E-state index contributed by atoms with van der Waals surface area (Å²) in [6.45, 7) is -0.445. The third kappa shape index (κ3) is 11.8. The minimum atomic E-state index is -1.35. The van der Waals surface area contributed by atoms with Crippen LogP contribution in [0.2, 0.25) is 0 Å². The van der Waals surface area contributed by atoms with Gasteiger partial charge in [-0.2, -0.15) is 0 Å². The Kier molecular flexibility index (Phi) is 13.6. The lowest BCUT2D eigenvalue weighted by atomic mass is 10.1. The zero-order valence-corrected chi connectivity index (χ0v) is 24.6. The first-order valence-electron chi connectivity index (χ1n) is 13.9. The smallest absolute Gasteiger partial charge is 0.437 e. The molecule has 13 heteroatoms. The molecule has 3 aromatic rings. The van der Waals surface area contributed by atoms with Gasteiger partial charge in [-0.25, -0.2) is 24.1 Å². The monoisotopic (exact) mass is 618 g/mol. The molecule has 0 heterocycles. The van der Waals surface area contributed by atoms with Crippen LogP contribution in [-0.2, 0) is 48.4 Å². The molecule has 3 N–H and O–H groups in total. The fourth-order valence-corrected chi connectivity index (χ4v) is 3.87. The normalized spacial score (nSPS) is 11.4. The number of Topliss-reactive ketones (excluding diaryl/α,β-unsaturated/α-hetero) is 1. The molecule has 0 spiro atoms. The summed E-state index contributed by atoms with van der Waals surface area (Å²) in [5.41, 5.74) is 8.15. The maximum Gasteiger partial charge on any atom is 0.437 e. The zero-order valence-electron chi connectivity index (χ0n) is 24.6. The van der Waals surface area contributed by atoms with Gasteiger partial charge in [0.25, 0.3) is 5.78 Å². The van der Waals surface area contributed by atoms with E-state index < -0.39 is 42.0 Å². The van der Waals surface area contributed by atoms with Crippen molar-refractivity contribution < 1.29 is 42.9 Å². The number of nitrogens with zero attached hydrogens (tertiary/aromatic N) is 2. The van der Waals surface area contributed by atoms with Crippen LogP contribution < -0.4 is 11.1 Å².